The van der Waals surface area contributed by atoms with Gasteiger partial charge in [-0.1, -0.05) is 17.7 Å². The van der Waals surface area contributed by atoms with Crippen LogP contribution in [0.25, 0.3) is 0 Å². The highest BCUT2D eigenvalue weighted by Gasteiger charge is 2.33. The van der Waals surface area contributed by atoms with Crippen LogP contribution in [0.5, 0.6) is 0 Å². The van der Waals surface area contributed by atoms with Crippen LogP contribution in [0.3, 0.4) is 0 Å². The summed E-state index contributed by atoms with van der Waals surface area (Å²) in [6.45, 7) is 3.21. The first kappa shape index (κ1) is 15.7. The van der Waals surface area contributed by atoms with E-state index in [4.69, 9.17) is 11.6 Å². The number of piperidine rings is 1. The maximum absolute atomic E-state index is 12.6. The number of hydrogen-bond donors (Lipinski definition) is 1. The number of rotatable bonds is 3. The fourth-order valence-corrected chi connectivity index (χ4v) is 2.74. The van der Waals surface area contributed by atoms with E-state index in [2.05, 4.69) is 12.2 Å². The van der Waals surface area contributed by atoms with Crippen molar-refractivity contribution in [3.63, 3.8) is 0 Å². The van der Waals surface area contributed by atoms with E-state index in [1.165, 1.54) is 18.2 Å². The topological polar surface area (TPSA) is 75.5 Å². The fraction of sp³-hybridized carbons (Fsp3) is 0.500. The Bertz CT molecular complexity index is 569. The highest BCUT2D eigenvalue weighted by molar-refractivity contribution is 6.34. The molecule has 1 aromatic carbocycles. The van der Waals surface area contributed by atoms with Crippen LogP contribution in [0.1, 0.15) is 30.1 Å². The van der Waals surface area contributed by atoms with Gasteiger partial charge in [0.15, 0.2) is 0 Å². The van der Waals surface area contributed by atoms with Crippen LogP contribution in [-0.2, 0) is 0 Å². The fourth-order valence-electron chi connectivity index (χ4n) is 2.49. The van der Waals surface area contributed by atoms with E-state index in [0.717, 1.165) is 12.8 Å². The molecule has 0 bridgehead atoms. The van der Waals surface area contributed by atoms with Gasteiger partial charge in [0.05, 0.1) is 9.95 Å². The normalized spacial score (nSPS) is 17.6. The Hall–Kier alpha value is -1.66. The molecule has 1 fully saturated rings. The molecule has 0 radical (unpaired) electrons. The Morgan fingerprint density at radius 2 is 2.05 bits per heavy atom. The number of likely N-dealkylation sites (tertiary alicyclic amines) is 1. The minimum atomic E-state index is -0.569. The third-order valence-corrected chi connectivity index (χ3v) is 4.47. The molecule has 1 aromatic rings. The van der Waals surface area contributed by atoms with Crippen LogP contribution in [-0.4, -0.2) is 41.4 Å². The molecule has 1 N–H and O–H groups in total. The van der Waals surface area contributed by atoms with Gasteiger partial charge >= 0.3 is 0 Å². The molecule has 1 saturated heterocycles. The molecule has 0 unspecified atom stereocenters. The Labute approximate surface area is 128 Å². The van der Waals surface area contributed by atoms with Crippen molar-refractivity contribution in [1.82, 2.24) is 10.2 Å². The Morgan fingerprint density at radius 3 is 2.57 bits per heavy atom. The van der Waals surface area contributed by atoms with Crippen molar-refractivity contribution < 1.29 is 9.72 Å². The number of nitro benzene ring substituents is 1. The Kier molecular flexibility index (Phi) is 4.49. The molecule has 0 aromatic heterocycles. The molecule has 6 nitrogen and oxygen atoms in total. The first-order valence-corrected chi connectivity index (χ1v) is 7.17. The molecule has 1 aliphatic rings. The third kappa shape index (κ3) is 3.16. The minimum Gasteiger partial charge on any atom is -0.338 e. The first-order valence-electron chi connectivity index (χ1n) is 6.79. The molecule has 1 aliphatic heterocycles. The van der Waals surface area contributed by atoms with Crippen LogP contribution in [0.15, 0.2) is 18.2 Å². The number of carbonyl (C=O) groups is 1. The lowest BCUT2D eigenvalue weighted by Gasteiger charge is -2.39. The second-order valence-corrected chi connectivity index (χ2v) is 5.90. The lowest BCUT2D eigenvalue weighted by atomic mass is 9.89. The van der Waals surface area contributed by atoms with Crippen molar-refractivity contribution in [2.24, 2.45) is 0 Å². The molecule has 0 saturated carbocycles. The molecular weight excluding hydrogens is 294 g/mol. The second kappa shape index (κ2) is 5.99. The molecule has 1 heterocycles. The number of nitro groups is 1. The van der Waals surface area contributed by atoms with Crippen LogP contribution in [0.2, 0.25) is 5.02 Å². The van der Waals surface area contributed by atoms with Crippen molar-refractivity contribution in [2.75, 3.05) is 20.1 Å². The quantitative estimate of drug-likeness (QED) is 0.687. The summed E-state index contributed by atoms with van der Waals surface area (Å²) in [6, 6.07) is 4.29. The molecule has 1 amide bonds. The van der Waals surface area contributed by atoms with E-state index in [1.807, 2.05) is 7.05 Å². The molecule has 21 heavy (non-hydrogen) atoms. The van der Waals surface area contributed by atoms with E-state index < -0.39 is 4.92 Å². The number of carbonyl (C=O) groups excluding carboxylic acids is 1. The van der Waals surface area contributed by atoms with E-state index in [-0.39, 0.29) is 27.7 Å². The van der Waals surface area contributed by atoms with Gasteiger partial charge in [-0.2, -0.15) is 0 Å². The monoisotopic (exact) mass is 311 g/mol. The molecule has 0 atom stereocenters. The van der Waals surface area contributed by atoms with Gasteiger partial charge in [0.25, 0.3) is 11.6 Å². The summed E-state index contributed by atoms with van der Waals surface area (Å²) in [5, 5.41) is 14.4. The van der Waals surface area contributed by atoms with Crippen molar-refractivity contribution in [1.29, 1.82) is 0 Å². The molecule has 7 heteroatoms. The zero-order chi connectivity index (χ0) is 15.6. The number of nitrogens with one attached hydrogen (secondary N) is 1. The number of halogens is 1. The molecule has 0 spiro atoms. The van der Waals surface area contributed by atoms with Crippen molar-refractivity contribution in [3.05, 3.63) is 38.9 Å². The van der Waals surface area contributed by atoms with E-state index in [1.54, 1.807) is 4.90 Å². The van der Waals surface area contributed by atoms with Gasteiger partial charge in [0.1, 0.15) is 5.56 Å². The zero-order valence-electron chi connectivity index (χ0n) is 12.1. The van der Waals surface area contributed by atoms with E-state index in [0.29, 0.717) is 13.1 Å². The van der Waals surface area contributed by atoms with Crippen molar-refractivity contribution >= 4 is 23.2 Å². The van der Waals surface area contributed by atoms with Crippen LogP contribution >= 0.6 is 11.6 Å². The van der Waals surface area contributed by atoms with Gasteiger partial charge in [-0.05, 0) is 32.9 Å². The number of amides is 1. The first-order chi connectivity index (χ1) is 9.88. The SMILES string of the molecule is CNC1(C)CCN(C(=O)c2c(Cl)cccc2[N+](=O)[O-])CC1. The predicted octanol–water partition coefficient (Wildman–Crippen LogP) is 2.46. The zero-order valence-corrected chi connectivity index (χ0v) is 12.8. The van der Waals surface area contributed by atoms with Gasteiger partial charge < -0.3 is 10.2 Å². The van der Waals surface area contributed by atoms with Crippen LogP contribution < -0.4 is 5.32 Å². The summed E-state index contributed by atoms with van der Waals surface area (Å²) >= 11 is 6.01. The molecule has 2 rings (SSSR count). The minimum absolute atomic E-state index is 0.00317. The highest BCUT2D eigenvalue weighted by atomic mass is 35.5. The van der Waals surface area contributed by atoms with Gasteiger partial charge in [-0.15, -0.1) is 0 Å². The maximum Gasteiger partial charge on any atom is 0.283 e. The summed E-state index contributed by atoms with van der Waals surface area (Å²) in [7, 11) is 1.90. The number of hydrogen-bond acceptors (Lipinski definition) is 4. The van der Waals surface area contributed by atoms with Gasteiger partial charge in [-0.25, -0.2) is 0 Å². The third-order valence-electron chi connectivity index (χ3n) is 4.16. The molecular formula is C14H18ClN3O3. The summed E-state index contributed by atoms with van der Waals surface area (Å²) in [4.78, 5) is 24.7. The average Bonchev–Trinajstić information content (AvgIpc) is 2.47. The van der Waals surface area contributed by atoms with Crippen LogP contribution in [0, 0.1) is 10.1 Å². The predicted molar refractivity (Wildman–Crippen MR) is 80.7 cm³/mol. The van der Waals surface area contributed by atoms with Gasteiger partial charge in [0, 0.05) is 24.7 Å². The summed E-state index contributed by atoms with van der Waals surface area (Å²) < 4.78 is 0. The Balaban J connectivity index is 2.24. The lowest BCUT2D eigenvalue weighted by Crippen LogP contribution is -2.51. The second-order valence-electron chi connectivity index (χ2n) is 5.49. The largest absolute Gasteiger partial charge is 0.338 e. The number of benzene rings is 1. The smallest absolute Gasteiger partial charge is 0.283 e. The van der Waals surface area contributed by atoms with E-state index >= 15 is 0 Å². The number of nitrogens with zero attached hydrogens (tertiary/aromatic N) is 2. The van der Waals surface area contributed by atoms with Crippen molar-refractivity contribution in [2.45, 2.75) is 25.3 Å². The average molecular weight is 312 g/mol. The summed E-state index contributed by atoms with van der Waals surface area (Å²) in [5.74, 6) is -0.370. The van der Waals surface area contributed by atoms with Gasteiger partial charge in [-0.3, -0.25) is 14.9 Å². The lowest BCUT2D eigenvalue weighted by molar-refractivity contribution is -0.385. The van der Waals surface area contributed by atoms with Gasteiger partial charge in [0.2, 0.25) is 0 Å². The Morgan fingerprint density at radius 1 is 1.43 bits per heavy atom. The standard InChI is InChI=1S/C14H18ClN3O3/c1-14(16-2)6-8-17(9-7-14)13(19)12-10(15)4-3-5-11(12)18(20)21/h3-5,16H,6-9H2,1-2H3. The molecule has 114 valence electrons. The van der Waals surface area contributed by atoms with Crippen LogP contribution in [0.4, 0.5) is 5.69 Å². The summed E-state index contributed by atoms with van der Waals surface area (Å²) in [6.07, 6.45) is 1.60. The highest BCUT2D eigenvalue weighted by Crippen LogP contribution is 2.30. The summed E-state index contributed by atoms with van der Waals surface area (Å²) in [5.41, 5.74) is -0.255. The van der Waals surface area contributed by atoms with E-state index in [9.17, 15) is 14.9 Å². The van der Waals surface area contributed by atoms with Crippen molar-refractivity contribution in [3.8, 4) is 0 Å². The molecule has 0 aliphatic carbocycles. The maximum atomic E-state index is 12.6.